The summed E-state index contributed by atoms with van der Waals surface area (Å²) in [6.45, 7) is 4.22. The molecule has 1 rings (SSSR count). The predicted octanol–water partition coefficient (Wildman–Crippen LogP) is 4.33. The van der Waals surface area contributed by atoms with Crippen LogP contribution in [-0.4, -0.2) is 11.4 Å². The molecule has 1 saturated carbocycles. The molecule has 0 aromatic rings. The molecule has 1 amide bonds. The molecule has 0 aromatic heterocycles. The van der Waals surface area contributed by atoms with E-state index in [1.54, 1.807) is 0 Å². The smallest absolute Gasteiger partial charge is 0.224 e. The van der Waals surface area contributed by atoms with Gasteiger partial charge in [-0.2, -0.15) is 5.26 Å². The molecule has 1 atom stereocenters. The molecule has 3 nitrogen and oxygen atoms in total. The molecule has 1 N–H and O–H groups in total. The highest BCUT2D eigenvalue weighted by molar-refractivity contribution is 5.79. The summed E-state index contributed by atoms with van der Waals surface area (Å²) in [4.78, 5) is 12.4. The van der Waals surface area contributed by atoms with Crippen LogP contribution in [0.4, 0.5) is 0 Å². The minimum atomic E-state index is -0.600. The normalized spacial score (nSPS) is 20.2. The number of nitrogens with zero attached hydrogens (tertiary/aromatic N) is 1. The standard InChI is InChI=1S/C17H30N2O/c1-3-5-11-15(4-2)16(20)19-17(14-18)12-9-7-6-8-10-13-17/h15H,3-13H2,1-2H3,(H,19,20). The zero-order chi connectivity index (χ0) is 14.8. The second kappa shape index (κ2) is 9.00. The second-order valence-electron chi connectivity index (χ2n) is 6.20. The molecule has 0 spiro atoms. The number of rotatable bonds is 6. The van der Waals surface area contributed by atoms with Crippen LogP contribution in [0.25, 0.3) is 0 Å². The van der Waals surface area contributed by atoms with Crippen LogP contribution in [-0.2, 0) is 4.79 Å². The van der Waals surface area contributed by atoms with E-state index in [9.17, 15) is 10.1 Å². The van der Waals surface area contributed by atoms with E-state index in [1.807, 2.05) is 0 Å². The zero-order valence-electron chi connectivity index (χ0n) is 13.2. The Morgan fingerprint density at radius 1 is 1.20 bits per heavy atom. The van der Waals surface area contributed by atoms with Crippen LogP contribution in [0.15, 0.2) is 0 Å². The van der Waals surface area contributed by atoms with Crippen LogP contribution in [0.5, 0.6) is 0 Å². The minimum absolute atomic E-state index is 0.0746. The van der Waals surface area contributed by atoms with E-state index in [0.717, 1.165) is 51.4 Å². The fourth-order valence-corrected chi connectivity index (χ4v) is 3.08. The van der Waals surface area contributed by atoms with Gasteiger partial charge >= 0.3 is 0 Å². The van der Waals surface area contributed by atoms with Gasteiger partial charge in [-0.1, -0.05) is 58.8 Å². The summed E-state index contributed by atoms with van der Waals surface area (Å²) in [6.07, 6.45) is 11.4. The summed E-state index contributed by atoms with van der Waals surface area (Å²) in [5, 5.41) is 12.7. The number of amides is 1. The fraction of sp³-hybridized carbons (Fsp3) is 0.882. The molecule has 3 heteroatoms. The van der Waals surface area contributed by atoms with Gasteiger partial charge in [0, 0.05) is 5.92 Å². The molecule has 1 aliphatic rings. The number of unbranched alkanes of at least 4 members (excludes halogenated alkanes) is 1. The molecule has 0 aliphatic heterocycles. The highest BCUT2D eigenvalue weighted by atomic mass is 16.2. The summed E-state index contributed by atoms with van der Waals surface area (Å²) < 4.78 is 0. The second-order valence-corrected chi connectivity index (χ2v) is 6.20. The molecular weight excluding hydrogens is 248 g/mol. The molecule has 1 aliphatic carbocycles. The summed E-state index contributed by atoms with van der Waals surface area (Å²) in [7, 11) is 0. The molecule has 0 saturated heterocycles. The lowest BCUT2D eigenvalue weighted by Gasteiger charge is -2.31. The van der Waals surface area contributed by atoms with Crippen molar-refractivity contribution in [3.05, 3.63) is 0 Å². The number of nitriles is 1. The number of nitrogens with one attached hydrogen (secondary N) is 1. The Kier molecular flexibility index (Phi) is 7.65. The lowest BCUT2D eigenvalue weighted by atomic mass is 9.84. The van der Waals surface area contributed by atoms with Crippen molar-refractivity contribution in [1.82, 2.24) is 5.32 Å². The predicted molar refractivity (Wildman–Crippen MR) is 82.1 cm³/mol. The minimum Gasteiger partial charge on any atom is -0.338 e. The molecule has 1 unspecified atom stereocenters. The van der Waals surface area contributed by atoms with Crippen LogP contribution in [0, 0.1) is 17.2 Å². The fourth-order valence-electron chi connectivity index (χ4n) is 3.08. The van der Waals surface area contributed by atoms with Gasteiger partial charge < -0.3 is 5.32 Å². The first kappa shape index (κ1) is 17.0. The Labute approximate surface area is 124 Å². The Morgan fingerprint density at radius 3 is 2.30 bits per heavy atom. The van der Waals surface area contributed by atoms with E-state index in [0.29, 0.717) is 0 Å². The van der Waals surface area contributed by atoms with Gasteiger partial charge in [0.25, 0.3) is 0 Å². The summed E-state index contributed by atoms with van der Waals surface area (Å²) in [5.41, 5.74) is -0.600. The summed E-state index contributed by atoms with van der Waals surface area (Å²) >= 11 is 0. The highest BCUT2D eigenvalue weighted by Crippen LogP contribution is 2.27. The van der Waals surface area contributed by atoms with Crippen LogP contribution in [0.1, 0.15) is 84.5 Å². The monoisotopic (exact) mass is 278 g/mol. The topological polar surface area (TPSA) is 52.9 Å². The molecule has 1 fully saturated rings. The third kappa shape index (κ3) is 5.15. The highest BCUT2D eigenvalue weighted by Gasteiger charge is 2.33. The van der Waals surface area contributed by atoms with Crippen molar-refractivity contribution in [2.45, 2.75) is 90.0 Å². The van der Waals surface area contributed by atoms with Gasteiger partial charge in [-0.05, 0) is 25.7 Å². The van der Waals surface area contributed by atoms with Crippen LogP contribution in [0.2, 0.25) is 0 Å². The van der Waals surface area contributed by atoms with Crippen molar-refractivity contribution in [2.75, 3.05) is 0 Å². The Morgan fingerprint density at radius 2 is 1.80 bits per heavy atom. The van der Waals surface area contributed by atoms with Gasteiger partial charge in [0.05, 0.1) is 6.07 Å². The lowest BCUT2D eigenvalue weighted by molar-refractivity contribution is -0.127. The van der Waals surface area contributed by atoms with Crippen molar-refractivity contribution < 1.29 is 4.79 Å². The van der Waals surface area contributed by atoms with E-state index in [2.05, 4.69) is 25.2 Å². The maximum atomic E-state index is 12.4. The van der Waals surface area contributed by atoms with Gasteiger partial charge in [-0.15, -0.1) is 0 Å². The summed E-state index contributed by atoms with van der Waals surface area (Å²) in [6, 6.07) is 2.42. The van der Waals surface area contributed by atoms with E-state index >= 15 is 0 Å². The number of carbonyl (C=O) groups excluding carboxylic acids is 1. The van der Waals surface area contributed by atoms with Crippen molar-refractivity contribution in [3.8, 4) is 6.07 Å². The van der Waals surface area contributed by atoms with Crippen LogP contribution < -0.4 is 5.32 Å². The van der Waals surface area contributed by atoms with Gasteiger partial charge in [0.1, 0.15) is 5.54 Å². The van der Waals surface area contributed by atoms with Gasteiger partial charge in [-0.25, -0.2) is 0 Å². The van der Waals surface area contributed by atoms with E-state index in [4.69, 9.17) is 0 Å². The average molecular weight is 278 g/mol. The third-order valence-corrected chi connectivity index (χ3v) is 4.55. The zero-order valence-corrected chi connectivity index (χ0v) is 13.2. The van der Waals surface area contributed by atoms with E-state index in [-0.39, 0.29) is 11.8 Å². The molecule has 0 radical (unpaired) electrons. The number of hydrogen-bond donors (Lipinski definition) is 1. The Balaban J connectivity index is 2.64. The van der Waals surface area contributed by atoms with E-state index < -0.39 is 5.54 Å². The molecular formula is C17H30N2O. The lowest BCUT2D eigenvalue weighted by Crippen LogP contribution is -2.49. The Hall–Kier alpha value is -1.04. The number of carbonyl (C=O) groups is 1. The quantitative estimate of drug-likeness (QED) is 0.786. The van der Waals surface area contributed by atoms with Crippen molar-refractivity contribution in [3.63, 3.8) is 0 Å². The molecule has 114 valence electrons. The van der Waals surface area contributed by atoms with Crippen molar-refractivity contribution in [2.24, 2.45) is 5.92 Å². The first-order chi connectivity index (χ1) is 9.67. The average Bonchev–Trinajstić information content (AvgIpc) is 2.43. The number of hydrogen-bond acceptors (Lipinski definition) is 2. The third-order valence-electron chi connectivity index (χ3n) is 4.55. The van der Waals surface area contributed by atoms with Gasteiger partial charge in [0.15, 0.2) is 0 Å². The van der Waals surface area contributed by atoms with Gasteiger partial charge in [-0.3, -0.25) is 4.79 Å². The molecule has 0 aromatic carbocycles. The first-order valence-corrected chi connectivity index (χ1v) is 8.40. The largest absolute Gasteiger partial charge is 0.338 e. The summed E-state index contributed by atoms with van der Waals surface area (Å²) in [5.74, 6) is 0.175. The molecule has 0 heterocycles. The maximum Gasteiger partial charge on any atom is 0.224 e. The van der Waals surface area contributed by atoms with Crippen molar-refractivity contribution >= 4 is 5.91 Å². The van der Waals surface area contributed by atoms with Crippen LogP contribution >= 0.6 is 0 Å². The van der Waals surface area contributed by atoms with E-state index in [1.165, 1.54) is 19.3 Å². The molecule has 0 bridgehead atoms. The maximum absolute atomic E-state index is 12.4. The molecule has 20 heavy (non-hydrogen) atoms. The van der Waals surface area contributed by atoms with Crippen LogP contribution in [0.3, 0.4) is 0 Å². The Bertz CT molecular complexity index is 324. The van der Waals surface area contributed by atoms with Crippen molar-refractivity contribution in [1.29, 1.82) is 5.26 Å². The van der Waals surface area contributed by atoms with Gasteiger partial charge in [0.2, 0.25) is 5.91 Å². The SMILES string of the molecule is CCCCC(CC)C(=O)NC1(C#N)CCCCCCC1. The first-order valence-electron chi connectivity index (χ1n) is 8.40.